The van der Waals surface area contributed by atoms with Crippen molar-refractivity contribution in [1.29, 1.82) is 0 Å². The molecule has 0 bridgehead atoms. The monoisotopic (exact) mass is 288 g/mol. The van der Waals surface area contributed by atoms with Gasteiger partial charge in [0.05, 0.1) is 18.3 Å². The van der Waals surface area contributed by atoms with E-state index in [-0.39, 0.29) is 11.9 Å². The van der Waals surface area contributed by atoms with Gasteiger partial charge in [0.2, 0.25) is 0 Å². The molecule has 0 aliphatic carbocycles. The summed E-state index contributed by atoms with van der Waals surface area (Å²) in [6.45, 7) is 5.42. The molecule has 4 heteroatoms. The molecule has 1 atom stereocenters. The maximum Gasteiger partial charge on any atom is 0.146 e. The van der Waals surface area contributed by atoms with Crippen LogP contribution in [0, 0.1) is 5.82 Å². The Balaban J connectivity index is 2.36. The number of pyridine rings is 1. The maximum absolute atomic E-state index is 14.1. The van der Waals surface area contributed by atoms with Crippen LogP contribution in [0.1, 0.15) is 37.6 Å². The zero-order valence-electron chi connectivity index (χ0n) is 12.5. The van der Waals surface area contributed by atoms with Crippen molar-refractivity contribution in [1.82, 2.24) is 10.3 Å². The number of nitrogens with zero attached hydrogens (tertiary/aromatic N) is 1. The van der Waals surface area contributed by atoms with Gasteiger partial charge in [-0.15, -0.1) is 0 Å². The van der Waals surface area contributed by atoms with Gasteiger partial charge in [0.1, 0.15) is 11.6 Å². The fourth-order valence-corrected chi connectivity index (χ4v) is 2.22. The number of benzene rings is 1. The molecule has 0 amide bonds. The van der Waals surface area contributed by atoms with Gasteiger partial charge < -0.3 is 10.1 Å². The molecule has 1 unspecified atom stereocenters. The van der Waals surface area contributed by atoms with Crippen molar-refractivity contribution in [3.05, 3.63) is 59.7 Å². The topological polar surface area (TPSA) is 34.1 Å². The van der Waals surface area contributed by atoms with Crippen molar-refractivity contribution in [2.75, 3.05) is 13.2 Å². The lowest BCUT2D eigenvalue weighted by molar-refractivity contribution is 0.339. The number of halogens is 1. The fourth-order valence-electron chi connectivity index (χ4n) is 2.22. The molecule has 112 valence electrons. The van der Waals surface area contributed by atoms with Crippen molar-refractivity contribution < 1.29 is 9.13 Å². The van der Waals surface area contributed by atoms with Gasteiger partial charge in [-0.05, 0) is 49.7 Å². The lowest BCUT2D eigenvalue weighted by Crippen LogP contribution is -2.25. The van der Waals surface area contributed by atoms with Crippen molar-refractivity contribution in [2.45, 2.75) is 26.3 Å². The first kappa shape index (κ1) is 15.4. The first-order valence-electron chi connectivity index (χ1n) is 7.32. The molecule has 0 radical (unpaired) electrons. The zero-order chi connectivity index (χ0) is 15.1. The molecule has 0 fully saturated rings. The highest BCUT2D eigenvalue weighted by Crippen LogP contribution is 2.25. The SMILES string of the molecule is CCCNC(c1cccc(OCC)c1)c1ncccc1F. The van der Waals surface area contributed by atoms with Gasteiger partial charge in [-0.3, -0.25) is 4.98 Å². The van der Waals surface area contributed by atoms with Crippen molar-refractivity contribution >= 4 is 0 Å². The number of ether oxygens (including phenoxy) is 1. The van der Waals surface area contributed by atoms with Crippen molar-refractivity contribution in [3.63, 3.8) is 0 Å². The van der Waals surface area contributed by atoms with Gasteiger partial charge >= 0.3 is 0 Å². The summed E-state index contributed by atoms with van der Waals surface area (Å²) in [6.07, 6.45) is 2.58. The molecule has 0 spiro atoms. The summed E-state index contributed by atoms with van der Waals surface area (Å²) in [4.78, 5) is 4.21. The Morgan fingerprint density at radius 2 is 2.10 bits per heavy atom. The number of rotatable bonds is 7. The molecule has 1 aromatic carbocycles. The summed E-state index contributed by atoms with van der Waals surface area (Å²) >= 11 is 0. The fraction of sp³-hybridized carbons (Fsp3) is 0.353. The van der Waals surface area contributed by atoms with Crippen LogP contribution in [0.25, 0.3) is 0 Å². The molecule has 0 aliphatic rings. The summed E-state index contributed by atoms with van der Waals surface area (Å²) in [5, 5.41) is 3.35. The predicted octanol–water partition coefficient (Wildman–Crippen LogP) is 3.71. The third-order valence-electron chi connectivity index (χ3n) is 3.16. The highest BCUT2D eigenvalue weighted by atomic mass is 19.1. The van der Waals surface area contributed by atoms with E-state index in [1.807, 2.05) is 31.2 Å². The molecule has 1 aromatic heterocycles. The standard InChI is InChI=1S/C17H21FN2O/c1-3-10-19-16(17-15(18)9-6-11-20-17)13-7-5-8-14(12-13)21-4-2/h5-9,11-12,16,19H,3-4,10H2,1-2H3. The quantitative estimate of drug-likeness (QED) is 0.843. The van der Waals surface area contributed by atoms with E-state index in [2.05, 4.69) is 17.2 Å². The van der Waals surface area contributed by atoms with Crippen LogP contribution in [-0.4, -0.2) is 18.1 Å². The van der Waals surface area contributed by atoms with Crippen LogP contribution >= 0.6 is 0 Å². The Morgan fingerprint density at radius 1 is 1.24 bits per heavy atom. The zero-order valence-corrected chi connectivity index (χ0v) is 12.5. The van der Waals surface area contributed by atoms with E-state index in [1.165, 1.54) is 6.07 Å². The van der Waals surface area contributed by atoms with E-state index in [0.717, 1.165) is 24.3 Å². The smallest absolute Gasteiger partial charge is 0.146 e. The van der Waals surface area contributed by atoms with Crippen LogP contribution in [0.15, 0.2) is 42.6 Å². The summed E-state index contributed by atoms with van der Waals surface area (Å²) in [5.74, 6) is 0.488. The normalized spacial score (nSPS) is 12.1. The first-order chi connectivity index (χ1) is 10.3. The van der Waals surface area contributed by atoms with E-state index in [9.17, 15) is 4.39 Å². The molecule has 0 aliphatic heterocycles. The average molecular weight is 288 g/mol. The number of aromatic nitrogens is 1. The number of hydrogen-bond donors (Lipinski definition) is 1. The Hall–Kier alpha value is -1.94. The second kappa shape index (κ2) is 7.74. The summed E-state index contributed by atoms with van der Waals surface area (Å²) in [5.41, 5.74) is 1.37. The van der Waals surface area contributed by atoms with Gasteiger partial charge in [-0.25, -0.2) is 4.39 Å². The molecule has 21 heavy (non-hydrogen) atoms. The third kappa shape index (κ3) is 4.02. The molecule has 2 rings (SSSR count). The van der Waals surface area contributed by atoms with E-state index in [0.29, 0.717) is 12.3 Å². The van der Waals surface area contributed by atoms with E-state index in [4.69, 9.17) is 4.74 Å². The molecule has 2 aromatic rings. The average Bonchev–Trinajstić information content (AvgIpc) is 2.50. The first-order valence-corrected chi connectivity index (χ1v) is 7.32. The second-order valence-corrected chi connectivity index (χ2v) is 4.76. The summed E-state index contributed by atoms with van der Waals surface area (Å²) in [6, 6.07) is 10.5. The van der Waals surface area contributed by atoms with Gasteiger partial charge in [-0.2, -0.15) is 0 Å². The molecular weight excluding hydrogens is 267 g/mol. The van der Waals surface area contributed by atoms with Crippen LogP contribution in [0.2, 0.25) is 0 Å². The Bertz CT molecular complexity index is 574. The van der Waals surface area contributed by atoms with E-state index < -0.39 is 0 Å². The maximum atomic E-state index is 14.1. The summed E-state index contributed by atoms with van der Waals surface area (Å²) in [7, 11) is 0. The van der Waals surface area contributed by atoms with Crippen LogP contribution in [-0.2, 0) is 0 Å². The molecule has 0 saturated carbocycles. The molecule has 3 nitrogen and oxygen atoms in total. The van der Waals surface area contributed by atoms with E-state index in [1.54, 1.807) is 12.3 Å². The lowest BCUT2D eigenvalue weighted by Gasteiger charge is -2.19. The minimum absolute atomic E-state index is 0.272. The molecule has 1 N–H and O–H groups in total. The molecule has 1 heterocycles. The second-order valence-electron chi connectivity index (χ2n) is 4.76. The summed E-state index contributed by atoms with van der Waals surface area (Å²) < 4.78 is 19.6. The Kier molecular flexibility index (Phi) is 5.69. The van der Waals surface area contributed by atoms with Crippen LogP contribution in [0.4, 0.5) is 4.39 Å². The largest absolute Gasteiger partial charge is 0.494 e. The minimum Gasteiger partial charge on any atom is -0.494 e. The highest BCUT2D eigenvalue weighted by Gasteiger charge is 2.19. The molecule has 0 saturated heterocycles. The Morgan fingerprint density at radius 3 is 2.81 bits per heavy atom. The van der Waals surface area contributed by atoms with Crippen LogP contribution in [0.5, 0.6) is 5.75 Å². The highest BCUT2D eigenvalue weighted by molar-refractivity contribution is 5.35. The van der Waals surface area contributed by atoms with Gasteiger partial charge in [0.25, 0.3) is 0 Å². The molecular formula is C17H21FN2O. The number of hydrogen-bond acceptors (Lipinski definition) is 3. The lowest BCUT2D eigenvalue weighted by atomic mass is 10.0. The third-order valence-corrected chi connectivity index (χ3v) is 3.16. The van der Waals surface area contributed by atoms with Crippen molar-refractivity contribution in [2.24, 2.45) is 0 Å². The minimum atomic E-state index is -0.298. The van der Waals surface area contributed by atoms with Crippen molar-refractivity contribution in [3.8, 4) is 5.75 Å². The van der Waals surface area contributed by atoms with Crippen LogP contribution < -0.4 is 10.1 Å². The Labute approximate surface area is 125 Å². The van der Waals surface area contributed by atoms with Gasteiger partial charge in [0.15, 0.2) is 0 Å². The van der Waals surface area contributed by atoms with Gasteiger partial charge in [0, 0.05) is 6.20 Å². The number of nitrogens with one attached hydrogen (secondary N) is 1. The van der Waals surface area contributed by atoms with Crippen LogP contribution in [0.3, 0.4) is 0 Å². The van der Waals surface area contributed by atoms with E-state index >= 15 is 0 Å². The van der Waals surface area contributed by atoms with Gasteiger partial charge in [-0.1, -0.05) is 19.1 Å². The predicted molar refractivity (Wildman–Crippen MR) is 81.9 cm³/mol.